The third kappa shape index (κ3) is 7.17. The third-order valence-electron chi connectivity index (χ3n) is 11.1. The van der Waals surface area contributed by atoms with Crippen molar-refractivity contribution in [3.63, 3.8) is 0 Å². The molecule has 0 spiro atoms. The number of rotatable bonds is 8. The highest BCUT2D eigenvalue weighted by molar-refractivity contribution is 7.17. The van der Waals surface area contributed by atoms with Crippen molar-refractivity contribution in [1.82, 2.24) is 33.9 Å². The van der Waals surface area contributed by atoms with Crippen LogP contribution in [0.4, 0.5) is 0 Å². The lowest BCUT2D eigenvalue weighted by Gasteiger charge is -2.43. The van der Waals surface area contributed by atoms with Gasteiger partial charge in [-0.1, -0.05) is 36.4 Å². The van der Waals surface area contributed by atoms with Crippen LogP contribution in [-0.2, 0) is 11.3 Å². The Labute approximate surface area is 322 Å². The molecule has 1 N–H and O–H groups in total. The molecular formula is C42H43N7O5S. The number of likely N-dealkylation sites (tertiary alicyclic amines) is 2. The number of ether oxygens (including phenoxy) is 1. The molecule has 282 valence electrons. The number of nitrogens with zero attached hydrogens (tertiary/aromatic N) is 7. The maximum atomic E-state index is 14.3. The summed E-state index contributed by atoms with van der Waals surface area (Å²) in [4.78, 5) is 59.9. The first-order chi connectivity index (χ1) is 26.6. The number of aromatic nitrogens is 5. The molecule has 2 aromatic carbocycles. The largest absolute Gasteiger partial charge is 0.497 e. The molecule has 6 heterocycles. The molecule has 0 saturated carbocycles. The Balaban J connectivity index is 0.950. The minimum absolute atomic E-state index is 0.0327. The molecule has 0 bridgehead atoms. The van der Waals surface area contributed by atoms with E-state index < -0.39 is 5.60 Å². The molecule has 13 heteroatoms. The van der Waals surface area contributed by atoms with Crippen LogP contribution < -0.4 is 10.3 Å². The molecule has 8 rings (SSSR count). The van der Waals surface area contributed by atoms with E-state index in [9.17, 15) is 19.5 Å². The fraction of sp³-hybridized carbons (Fsp3) is 0.333. The molecule has 2 atom stereocenters. The van der Waals surface area contributed by atoms with E-state index in [1.165, 1.54) is 22.2 Å². The average Bonchev–Trinajstić information content (AvgIpc) is 3.83. The standard InChI is InChI=1S/C42H43N7O5S/c1-27-12-13-30(23-43-27)38-45-28(2)36(55-38)41(52)47-18-14-33(35(24-47)29-8-5-4-6-9-29)39(50)46-20-16-42(53,17-21-46)25-48-26-44-37-34(40(48)51)15-19-49(37)31-10-7-11-32(22-31)54-3/h4-13,15,19,22-23,26,33,35,53H,14,16-18,20-21,24-25H2,1-3H3/t33-,35+/m1/s1. The summed E-state index contributed by atoms with van der Waals surface area (Å²) < 4.78 is 8.67. The third-order valence-corrected chi connectivity index (χ3v) is 12.3. The maximum absolute atomic E-state index is 14.3. The second-order valence-electron chi connectivity index (χ2n) is 14.6. The van der Waals surface area contributed by atoms with Gasteiger partial charge >= 0.3 is 0 Å². The molecule has 55 heavy (non-hydrogen) atoms. The molecule has 2 fully saturated rings. The van der Waals surface area contributed by atoms with Gasteiger partial charge < -0.3 is 24.2 Å². The van der Waals surface area contributed by atoms with E-state index in [0.29, 0.717) is 72.8 Å². The molecular weight excluding hydrogens is 715 g/mol. The van der Waals surface area contributed by atoms with Crippen molar-refractivity contribution >= 4 is 34.2 Å². The van der Waals surface area contributed by atoms with Gasteiger partial charge in [-0.15, -0.1) is 11.3 Å². The summed E-state index contributed by atoms with van der Waals surface area (Å²) in [6.45, 7) is 5.46. The fourth-order valence-corrected chi connectivity index (χ4v) is 8.94. The number of pyridine rings is 1. The van der Waals surface area contributed by atoms with Gasteiger partial charge in [0.2, 0.25) is 5.91 Å². The SMILES string of the molecule is COc1cccc(-n2ccc3c(=O)n(CC4(O)CCN(C(=O)[C@@H]5CCN(C(=O)c6sc(-c7ccc(C)nc7)nc6C)C[C@H]5c5ccccc5)CC4)cnc32)c1. The van der Waals surface area contributed by atoms with Crippen LogP contribution in [0.1, 0.15) is 51.8 Å². The second kappa shape index (κ2) is 14.9. The highest BCUT2D eigenvalue weighted by Crippen LogP contribution is 2.37. The second-order valence-corrected chi connectivity index (χ2v) is 15.6. The van der Waals surface area contributed by atoms with Gasteiger partial charge in [-0.25, -0.2) is 9.97 Å². The molecule has 2 amide bonds. The van der Waals surface area contributed by atoms with Crippen LogP contribution in [0.2, 0.25) is 0 Å². The van der Waals surface area contributed by atoms with Crippen LogP contribution in [0, 0.1) is 19.8 Å². The summed E-state index contributed by atoms with van der Waals surface area (Å²) in [7, 11) is 1.61. The summed E-state index contributed by atoms with van der Waals surface area (Å²) in [6.07, 6.45) is 6.25. The number of amides is 2. The minimum atomic E-state index is -1.18. The predicted molar refractivity (Wildman–Crippen MR) is 211 cm³/mol. The van der Waals surface area contributed by atoms with Gasteiger partial charge in [0.25, 0.3) is 11.5 Å². The number of carbonyl (C=O) groups is 2. The predicted octanol–water partition coefficient (Wildman–Crippen LogP) is 5.63. The van der Waals surface area contributed by atoms with Gasteiger partial charge in [0, 0.05) is 67.7 Å². The Kier molecular flexibility index (Phi) is 9.82. The molecule has 12 nitrogen and oxygen atoms in total. The number of fused-ring (bicyclic) bond motifs is 1. The number of thiazole rings is 1. The smallest absolute Gasteiger partial charge is 0.265 e. The van der Waals surface area contributed by atoms with E-state index in [2.05, 4.69) is 9.97 Å². The molecule has 0 radical (unpaired) electrons. The van der Waals surface area contributed by atoms with E-state index in [0.717, 1.165) is 27.5 Å². The van der Waals surface area contributed by atoms with Crippen LogP contribution >= 0.6 is 11.3 Å². The van der Waals surface area contributed by atoms with Crippen molar-refractivity contribution in [1.29, 1.82) is 0 Å². The van der Waals surface area contributed by atoms with Crippen LogP contribution in [-0.4, -0.2) is 89.7 Å². The number of aliphatic hydroxyl groups is 1. The van der Waals surface area contributed by atoms with Gasteiger partial charge in [0.15, 0.2) is 5.65 Å². The molecule has 0 aliphatic carbocycles. The van der Waals surface area contributed by atoms with Gasteiger partial charge in [0.1, 0.15) is 22.0 Å². The first-order valence-corrected chi connectivity index (χ1v) is 19.4. The Hall–Kier alpha value is -5.66. The number of benzene rings is 2. The summed E-state index contributed by atoms with van der Waals surface area (Å²) in [5.41, 5.74) is 3.42. The van der Waals surface area contributed by atoms with Crippen LogP contribution in [0.5, 0.6) is 5.75 Å². The Morgan fingerprint density at radius 2 is 1.76 bits per heavy atom. The maximum Gasteiger partial charge on any atom is 0.265 e. The van der Waals surface area contributed by atoms with Crippen molar-refractivity contribution in [2.24, 2.45) is 5.92 Å². The Morgan fingerprint density at radius 1 is 0.964 bits per heavy atom. The Morgan fingerprint density at radius 3 is 2.51 bits per heavy atom. The van der Waals surface area contributed by atoms with E-state index in [1.807, 2.05) is 94.9 Å². The zero-order chi connectivity index (χ0) is 38.3. The molecule has 4 aromatic heterocycles. The number of piperidine rings is 2. The van der Waals surface area contributed by atoms with Crippen LogP contribution in [0.15, 0.2) is 96.3 Å². The monoisotopic (exact) mass is 757 g/mol. The minimum Gasteiger partial charge on any atom is -0.497 e. The highest BCUT2D eigenvalue weighted by Gasteiger charge is 2.42. The summed E-state index contributed by atoms with van der Waals surface area (Å²) in [6, 6.07) is 23.1. The Bertz CT molecular complexity index is 2410. The number of aryl methyl sites for hydroxylation is 2. The van der Waals surface area contributed by atoms with Gasteiger partial charge in [-0.05, 0) is 69.0 Å². The van der Waals surface area contributed by atoms with Crippen molar-refractivity contribution < 1.29 is 19.4 Å². The molecule has 0 unspecified atom stereocenters. The average molecular weight is 758 g/mol. The lowest BCUT2D eigenvalue weighted by atomic mass is 9.79. The number of hydrogen-bond donors (Lipinski definition) is 1. The molecule has 2 aliphatic rings. The normalized spacial score (nSPS) is 18.4. The van der Waals surface area contributed by atoms with Crippen LogP contribution in [0.3, 0.4) is 0 Å². The summed E-state index contributed by atoms with van der Waals surface area (Å²) in [5, 5.41) is 12.9. The fourth-order valence-electron chi connectivity index (χ4n) is 7.91. The van der Waals surface area contributed by atoms with Crippen molar-refractivity contribution in [3.05, 3.63) is 124 Å². The topological polar surface area (TPSA) is 136 Å². The zero-order valence-electron chi connectivity index (χ0n) is 31.1. The van der Waals surface area contributed by atoms with Gasteiger partial charge in [-0.2, -0.15) is 0 Å². The van der Waals surface area contributed by atoms with E-state index in [1.54, 1.807) is 25.6 Å². The molecule has 2 aliphatic heterocycles. The van der Waals surface area contributed by atoms with Crippen molar-refractivity contribution in [3.8, 4) is 22.0 Å². The van der Waals surface area contributed by atoms with E-state index >= 15 is 0 Å². The van der Waals surface area contributed by atoms with Gasteiger partial charge in [0.05, 0.1) is 36.0 Å². The van der Waals surface area contributed by atoms with E-state index in [-0.39, 0.29) is 35.8 Å². The molecule has 6 aromatic rings. The summed E-state index contributed by atoms with van der Waals surface area (Å²) in [5.74, 6) is 0.143. The lowest BCUT2D eigenvalue weighted by Crippen LogP contribution is -2.53. The number of hydrogen-bond acceptors (Lipinski definition) is 9. The molecule has 2 saturated heterocycles. The van der Waals surface area contributed by atoms with Crippen LogP contribution in [0.25, 0.3) is 27.3 Å². The van der Waals surface area contributed by atoms with Gasteiger partial charge in [-0.3, -0.25) is 23.9 Å². The highest BCUT2D eigenvalue weighted by atomic mass is 32.1. The lowest BCUT2D eigenvalue weighted by molar-refractivity contribution is -0.142. The zero-order valence-corrected chi connectivity index (χ0v) is 31.9. The first kappa shape index (κ1) is 36.3. The quantitative estimate of drug-likeness (QED) is 0.211. The van der Waals surface area contributed by atoms with Crippen molar-refractivity contribution in [2.75, 3.05) is 33.3 Å². The summed E-state index contributed by atoms with van der Waals surface area (Å²) >= 11 is 1.38. The van der Waals surface area contributed by atoms with E-state index in [4.69, 9.17) is 9.72 Å². The number of methoxy groups -OCH3 is 1. The van der Waals surface area contributed by atoms with Crippen molar-refractivity contribution in [2.45, 2.75) is 51.2 Å². The number of carbonyl (C=O) groups excluding carboxylic acids is 2. The first-order valence-electron chi connectivity index (χ1n) is 18.6.